The quantitative estimate of drug-likeness (QED) is 0.832. The number of rotatable bonds is 3. The fourth-order valence-corrected chi connectivity index (χ4v) is 1.46. The predicted octanol–water partition coefficient (Wildman–Crippen LogP) is 1.60. The number of amides is 1. The second kappa shape index (κ2) is 5.18. The summed E-state index contributed by atoms with van der Waals surface area (Å²) >= 11 is 7.59. The Morgan fingerprint density at radius 1 is 1.60 bits per heavy atom. The lowest BCUT2D eigenvalue weighted by Gasteiger charge is -2.06. The maximum Gasteiger partial charge on any atom is 0.252 e. The maximum absolute atomic E-state index is 13.1. The Labute approximate surface area is 100.0 Å². The summed E-state index contributed by atoms with van der Waals surface area (Å²) in [5.41, 5.74) is 5.43. The van der Waals surface area contributed by atoms with Gasteiger partial charge in [-0.05, 0) is 28.1 Å². The van der Waals surface area contributed by atoms with Gasteiger partial charge in [-0.15, -0.1) is 0 Å². The van der Waals surface area contributed by atoms with E-state index in [-0.39, 0.29) is 21.6 Å². The second-order valence-corrected chi connectivity index (χ2v) is 4.07. The van der Waals surface area contributed by atoms with Crippen molar-refractivity contribution >= 4 is 39.0 Å². The van der Waals surface area contributed by atoms with E-state index >= 15 is 0 Å². The summed E-state index contributed by atoms with van der Waals surface area (Å²) < 4.78 is 13.2. The molecule has 3 N–H and O–H groups in total. The van der Waals surface area contributed by atoms with Gasteiger partial charge in [0.2, 0.25) is 0 Å². The third-order valence-electron chi connectivity index (χ3n) is 1.62. The van der Waals surface area contributed by atoms with Crippen LogP contribution in [0.25, 0.3) is 0 Å². The molecule has 0 heterocycles. The molecule has 0 aliphatic heterocycles. The van der Waals surface area contributed by atoms with Gasteiger partial charge < -0.3 is 11.1 Å². The Balaban J connectivity index is 2.82. The molecule has 0 aromatic heterocycles. The number of hydrogen-bond donors (Lipinski definition) is 2. The minimum absolute atomic E-state index is 0.0944. The number of thiocarbonyl (C=S) groups is 1. The van der Waals surface area contributed by atoms with E-state index in [1.54, 1.807) is 0 Å². The summed E-state index contributed by atoms with van der Waals surface area (Å²) in [6, 6.07) is 4.21. The largest absolute Gasteiger partial charge is 0.392 e. The lowest BCUT2D eigenvalue weighted by atomic mass is 10.2. The predicted molar refractivity (Wildman–Crippen MR) is 63.2 cm³/mol. The fraction of sp³-hybridized carbons (Fsp3) is 0.111. The van der Waals surface area contributed by atoms with Crippen LogP contribution in [0.1, 0.15) is 10.4 Å². The lowest BCUT2D eigenvalue weighted by Crippen LogP contribution is -2.32. The van der Waals surface area contributed by atoms with E-state index in [2.05, 4.69) is 33.5 Å². The van der Waals surface area contributed by atoms with Crippen molar-refractivity contribution in [3.8, 4) is 0 Å². The molecule has 0 bridgehead atoms. The second-order valence-electron chi connectivity index (χ2n) is 2.75. The van der Waals surface area contributed by atoms with Gasteiger partial charge in [-0.1, -0.05) is 18.3 Å². The van der Waals surface area contributed by atoms with Gasteiger partial charge in [0.05, 0.1) is 21.6 Å². The van der Waals surface area contributed by atoms with Gasteiger partial charge >= 0.3 is 0 Å². The van der Waals surface area contributed by atoms with E-state index in [1.807, 2.05) is 0 Å². The molecule has 1 aromatic rings. The average molecular weight is 291 g/mol. The van der Waals surface area contributed by atoms with Gasteiger partial charge in [0.1, 0.15) is 5.82 Å². The van der Waals surface area contributed by atoms with Crippen LogP contribution in [0.3, 0.4) is 0 Å². The van der Waals surface area contributed by atoms with Crippen LogP contribution in [-0.2, 0) is 0 Å². The zero-order chi connectivity index (χ0) is 11.4. The van der Waals surface area contributed by atoms with Crippen molar-refractivity contribution in [2.75, 3.05) is 6.54 Å². The van der Waals surface area contributed by atoms with Crippen molar-refractivity contribution in [1.29, 1.82) is 0 Å². The maximum atomic E-state index is 13.1. The summed E-state index contributed by atoms with van der Waals surface area (Å²) in [6.07, 6.45) is 0. The molecule has 80 valence electrons. The number of benzene rings is 1. The zero-order valence-electron chi connectivity index (χ0n) is 7.59. The molecule has 0 saturated carbocycles. The van der Waals surface area contributed by atoms with Crippen LogP contribution in [0.2, 0.25) is 0 Å². The van der Waals surface area contributed by atoms with Crippen LogP contribution in [0.5, 0.6) is 0 Å². The zero-order valence-corrected chi connectivity index (χ0v) is 9.99. The standard InChI is InChI=1S/C9H8BrFN2OS/c10-8-5(2-1-3-6(8)11)9(14)13-4-7(12)15/h1-3H,4H2,(H2,12,15)(H,13,14). The Morgan fingerprint density at radius 3 is 2.87 bits per heavy atom. The number of nitrogens with one attached hydrogen (secondary N) is 1. The molecule has 0 radical (unpaired) electrons. The average Bonchev–Trinajstić information content (AvgIpc) is 2.18. The van der Waals surface area contributed by atoms with Crippen LogP contribution in [-0.4, -0.2) is 17.4 Å². The van der Waals surface area contributed by atoms with Crippen LogP contribution in [0.4, 0.5) is 4.39 Å². The van der Waals surface area contributed by atoms with Crippen LogP contribution >= 0.6 is 28.1 Å². The highest BCUT2D eigenvalue weighted by Crippen LogP contribution is 2.19. The van der Waals surface area contributed by atoms with E-state index in [4.69, 9.17) is 5.73 Å². The summed E-state index contributed by atoms with van der Waals surface area (Å²) in [6.45, 7) is 0.0944. The summed E-state index contributed by atoms with van der Waals surface area (Å²) in [7, 11) is 0. The molecule has 1 amide bonds. The van der Waals surface area contributed by atoms with Gasteiger partial charge in [0.25, 0.3) is 5.91 Å². The molecular formula is C9H8BrFN2OS. The number of nitrogens with two attached hydrogens (primary N) is 1. The van der Waals surface area contributed by atoms with E-state index < -0.39 is 11.7 Å². The smallest absolute Gasteiger partial charge is 0.252 e. The van der Waals surface area contributed by atoms with E-state index in [9.17, 15) is 9.18 Å². The molecule has 0 spiro atoms. The van der Waals surface area contributed by atoms with Crippen molar-refractivity contribution in [3.05, 3.63) is 34.1 Å². The van der Waals surface area contributed by atoms with Gasteiger partial charge in [-0.3, -0.25) is 4.79 Å². The molecule has 0 aliphatic rings. The first kappa shape index (κ1) is 12.1. The Hall–Kier alpha value is -1.01. The molecule has 0 unspecified atom stereocenters. The van der Waals surface area contributed by atoms with Crippen molar-refractivity contribution in [2.45, 2.75) is 0 Å². The number of carbonyl (C=O) groups excluding carboxylic acids is 1. The molecule has 6 heteroatoms. The minimum atomic E-state index is -0.488. The molecule has 0 atom stereocenters. The molecule has 0 fully saturated rings. The normalized spacial score (nSPS) is 9.73. The van der Waals surface area contributed by atoms with Crippen molar-refractivity contribution in [3.63, 3.8) is 0 Å². The minimum Gasteiger partial charge on any atom is -0.392 e. The lowest BCUT2D eigenvalue weighted by molar-refractivity contribution is 0.0958. The molecule has 1 rings (SSSR count). The van der Waals surface area contributed by atoms with Gasteiger partial charge in [0.15, 0.2) is 0 Å². The molecule has 15 heavy (non-hydrogen) atoms. The molecule has 1 aromatic carbocycles. The van der Waals surface area contributed by atoms with Crippen LogP contribution < -0.4 is 11.1 Å². The number of hydrogen-bond acceptors (Lipinski definition) is 2. The first-order chi connectivity index (χ1) is 7.02. The summed E-state index contributed by atoms with van der Waals surface area (Å²) in [5, 5.41) is 2.46. The Bertz CT molecular complexity index is 411. The first-order valence-electron chi connectivity index (χ1n) is 4.03. The van der Waals surface area contributed by atoms with E-state index in [0.717, 1.165) is 0 Å². The van der Waals surface area contributed by atoms with E-state index in [0.29, 0.717) is 0 Å². The highest BCUT2D eigenvalue weighted by Gasteiger charge is 2.12. The monoisotopic (exact) mass is 290 g/mol. The Kier molecular flexibility index (Phi) is 4.16. The van der Waals surface area contributed by atoms with Crippen LogP contribution in [0, 0.1) is 5.82 Å². The number of halogens is 2. The van der Waals surface area contributed by atoms with Crippen molar-refractivity contribution in [2.24, 2.45) is 5.73 Å². The van der Waals surface area contributed by atoms with Crippen molar-refractivity contribution < 1.29 is 9.18 Å². The third kappa shape index (κ3) is 3.24. The highest BCUT2D eigenvalue weighted by atomic mass is 79.9. The van der Waals surface area contributed by atoms with Crippen molar-refractivity contribution in [1.82, 2.24) is 5.32 Å². The van der Waals surface area contributed by atoms with Gasteiger partial charge in [-0.2, -0.15) is 0 Å². The number of carbonyl (C=O) groups is 1. The molecule has 3 nitrogen and oxygen atoms in total. The first-order valence-corrected chi connectivity index (χ1v) is 5.23. The van der Waals surface area contributed by atoms with Crippen LogP contribution in [0.15, 0.2) is 22.7 Å². The SMILES string of the molecule is NC(=S)CNC(=O)c1cccc(F)c1Br. The summed E-state index contributed by atoms with van der Waals surface area (Å²) in [4.78, 5) is 11.7. The molecular weight excluding hydrogens is 283 g/mol. The van der Waals surface area contributed by atoms with E-state index in [1.165, 1.54) is 18.2 Å². The topological polar surface area (TPSA) is 55.1 Å². The third-order valence-corrected chi connectivity index (χ3v) is 2.57. The molecule has 0 aliphatic carbocycles. The fourth-order valence-electron chi connectivity index (χ4n) is 0.942. The highest BCUT2D eigenvalue weighted by molar-refractivity contribution is 9.10. The van der Waals surface area contributed by atoms with Gasteiger partial charge in [0, 0.05) is 0 Å². The summed E-state index contributed by atoms with van der Waals surface area (Å²) in [5.74, 6) is -0.910. The van der Waals surface area contributed by atoms with Gasteiger partial charge in [-0.25, -0.2) is 4.39 Å². The Morgan fingerprint density at radius 2 is 2.27 bits per heavy atom. The molecule has 0 saturated heterocycles.